The van der Waals surface area contributed by atoms with E-state index in [4.69, 9.17) is 0 Å². The van der Waals surface area contributed by atoms with Crippen LogP contribution in [0.1, 0.15) is 0 Å². The summed E-state index contributed by atoms with van der Waals surface area (Å²) in [4.78, 5) is 0. The zero-order valence-electron chi connectivity index (χ0n) is 10.5. The fourth-order valence-corrected chi connectivity index (χ4v) is 1.68. The number of fused-ring (bicyclic) bond motifs is 2. The Hall–Kier alpha value is -0.0278. The Kier molecular flexibility index (Phi) is 7.40. The SMILES string of the molecule is [Li+].[Li+].[Li+].[c-]1c[c-]c2cc3ccc[c-]c3cc2c1. The zero-order chi connectivity index (χ0) is 9.38. The van der Waals surface area contributed by atoms with Crippen molar-refractivity contribution in [3.05, 3.63) is 60.7 Å². The van der Waals surface area contributed by atoms with Gasteiger partial charge < -0.3 is 18.2 Å². The molecule has 0 spiro atoms. The van der Waals surface area contributed by atoms with Crippen LogP contribution in [0.5, 0.6) is 0 Å². The Labute approximate surface area is 138 Å². The number of hydrogen-bond acceptors (Lipinski definition) is 0. The molecule has 0 amide bonds. The zero-order valence-corrected chi connectivity index (χ0v) is 10.5. The molecular weight excluding hydrogens is 189 g/mol. The molecule has 0 radical (unpaired) electrons. The minimum Gasteiger partial charge on any atom is -0.359 e. The van der Waals surface area contributed by atoms with E-state index >= 15 is 0 Å². The van der Waals surface area contributed by atoms with Gasteiger partial charge in [0.2, 0.25) is 0 Å². The molecule has 66 valence electrons. The summed E-state index contributed by atoms with van der Waals surface area (Å²) < 4.78 is 0. The molecule has 0 aliphatic rings. The molecule has 3 rings (SSSR count). The third-order valence-electron chi connectivity index (χ3n) is 2.38. The summed E-state index contributed by atoms with van der Waals surface area (Å²) in [6, 6.07) is 23.5. The predicted octanol–water partition coefficient (Wildman–Crippen LogP) is -5.59. The molecule has 0 saturated carbocycles. The average molecular weight is 196 g/mol. The van der Waals surface area contributed by atoms with Crippen LogP contribution >= 0.6 is 0 Å². The van der Waals surface area contributed by atoms with Gasteiger partial charge in [-0.15, -0.1) is 35.7 Å². The van der Waals surface area contributed by atoms with Gasteiger partial charge in [0.15, 0.2) is 0 Å². The first-order valence-corrected chi connectivity index (χ1v) is 4.55. The minimum atomic E-state index is 0. The minimum absolute atomic E-state index is 0. The molecule has 0 aliphatic heterocycles. The normalized spacial score (nSPS) is 8.94. The largest absolute Gasteiger partial charge is 1.00 e. The molecule has 0 N–H and O–H groups in total. The van der Waals surface area contributed by atoms with E-state index in [2.05, 4.69) is 36.4 Å². The number of hydrogen-bond donors (Lipinski definition) is 0. The molecule has 17 heavy (non-hydrogen) atoms. The first-order valence-electron chi connectivity index (χ1n) is 4.55. The second kappa shape index (κ2) is 7.42. The van der Waals surface area contributed by atoms with E-state index in [0.29, 0.717) is 0 Å². The van der Waals surface area contributed by atoms with Gasteiger partial charge in [-0.1, -0.05) is 0 Å². The van der Waals surface area contributed by atoms with Crippen LogP contribution < -0.4 is 56.6 Å². The molecule has 3 heteroatoms. The van der Waals surface area contributed by atoms with Crippen LogP contribution in [0.3, 0.4) is 0 Å². The summed E-state index contributed by atoms with van der Waals surface area (Å²) in [7, 11) is 0. The van der Waals surface area contributed by atoms with Gasteiger partial charge >= 0.3 is 56.6 Å². The van der Waals surface area contributed by atoms with Crippen molar-refractivity contribution in [1.29, 1.82) is 0 Å². The Morgan fingerprint density at radius 1 is 0.824 bits per heavy atom. The molecule has 0 fully saturated rings. The molecule has 0 aromatic heterocycles. The first kappa shape index (κ1) is 17.0. The molecule has 0 bridgehead atoms. The summed E-state index contributed by atoms with van der Waals surface area (Å²) in [5.41, 5.74) is 0. The standard InChI is InChI=1S/C14H7.3Li/c1-2-6-12-10-14-8-4-3-7-13(14)9-11(12)5-1;;;/h1-3,5,8-10H;;;/q-3;3*+1. The summed E-state index contributed by atoms with van der Waals surface area (Å²) in [5.74, 6) is 0. The summed E-state index contributed by atoms with van der Waals surface area (Å²) in [6.07, 6.45) is 0. The second-order valence-electron chi connectivity index (χ2n) is 3.30. The third-order valence-corrected chi connectivity index (χ3v) is 2.38. The maximum atomic E-state index is 3.22. The average Bonchev–Trinajstić information content (AvgIpc) is 2.26. The Morgan fingerprint density at radius 2 is 1.53 bits per heavy atom. The molecule has 0 heterocycles. The monoisotopic (exact) mass is 196 g/mol. The molecule has 3 aromatic carbocycles. The van der Waals surface area contributed by atoms with Crippen molar-refractivity contribution < 1.29 is 56.6 Å². The van der Waals surface area contributed by atoms with Gasteiger partial charge in [0, 0.05) is 0 Å². The fourth-order valence-electron chi connectivity index (χ4n) is 1.68. The van der Waals surface area contributed by atoms with Crippen molar-refractivity contribution in [3.63, 3.8) is 0 Å². The topological polar surface area (TPSA) is 0 Å². The van der Waals surface area contributed by atoms with Crippen LogP contribution in [0.4, 0.5) is 0 Å². The van der Waals surface area contributed by atoms with Gasteiger partial charge in [-0.05, 0) is 0 Å². The fraction of sp³-hybridized carbons (Fsp3) is 0. The first-order chi connectivity index (χ1) is 6.93. The van der Waals surface area contributed by atoms with E-state index in [-0.39, 0.29) is 56.6 Å². The summed E-state index contributed by atoms with van der Waals surface area (Å²) in [6.45, 7) is 0. The van der Waals surface area contributed by atoms with E-state index in [1.165, 1.54) is 10.8 Å². The van der Waals surface area contributed by atoms with Crippen molar-refractivity contribution in [2.24, 2.45) is 0 Å². The molecule has 0 saturated heterocycles. The van der Waals surface area contributed by atoms with E-state index in [0.717, 1.165) is 10.8 Å². The maximum absolute atomic E-state index is 3.22. The van der Waals surface area contributed by atoms with Gasteiger partial charge in [-0.25, -0.2) is 6.07 Å². The molecule has 0 unspecified atom stereocenters. The quantitative estimate of drug-likeness (QED) is 0.191. The van der Waals surface area contributed by atoms with Crippen LogP contribution in [-0.4, -0.2) is 0 Å². The van der Waals surface area contributed by atoms with Gasteiger partial charge in [0.25, 0.3) is 0 Å². The number of benzene rings is 3. The Morgan fingerprint density at radius 3 is 2.35 bits per heavy atom. The van der Waals surface area contributed by atoms with E-state index in [9.17, 15) is 0 Å². The molecular formula is C14H7Li3. The maximum Gasteiger partial charge on any atom is 1.00 e. The van der Waals surface area contributed by atoms with Crippen molar-refractivity contribution >= 4 is 21.5 Å². The van der Waals surface area contributed by atoms with Crippen LogP contribution in [0.25, 0.3) is 21.5 Å². The van der Waals surface area contributed by atoms with Gasteiger partial charge in [0.1, 0.15) is 0 Å². The van der Waals surface area contributed by atoms with Gasteiger partial charge in [-0.3, -0.25) is 16.8 Å². The smallest absolute Gasteiger partial charge is 0.359 e. The van der Waals surface area contributed by atoms with Crippen molar-refractivity contribution in [1.82, 2.24) is 0 Å². The molecule has 0 aliphatic carbocycles. The molecule has 0 atom stereocenters. The van der Waals surface area contributed by atoms with Gasteiger partial charge in [0.05, 0.1) is 0 Å². The van der Waals surface area contributed by atoms with Crippen molar-refractivity contribution in [2.45, 2.75) is 0 Å². The van der Waals surface area contributed by atoms with Crippen LogP contribution in [0, 0.1) is 18.2 Å². The van der Waals surface area contributed by atoms with Crippen molar-refractivity contribution in [3.8, 4) is 0 Å². The molecule has 3 aromatic rings. The third kappa shape index (κ3) is 3.47. The van der Waals surface area contributed by atoms with E-state index in [1.54, 1.807) is 0 Å². The van der Waals surface area contributed by atoms with Crippen LogP contribution in [0.15, 0.2) is 42.5 Å². The number of rotatable bonds is 0. The molecule has 0 nitrogen and oxygen atoms in total. The van der Waals surface area contributed by atoms with Gasteiger partial charge in [-0.2, -0.15) is 5.39 Å². The van der Waals surface area contributed by atoms with Crippen LogP contribution in [0.2, 0.25) is 0 Å². The summed E-state index contributed by atoms with van der Waals surface area (Å²) in [5, 5.41) is 4.66. The predicted molar refractivity (Wildman–Crippen MR) is 58.0 cm³/mol. The van der Waals surface area contributed by atoms with E-state index < -0.39 is 0 Å². The van der Waals surface area contributed by atoms with Crippen LogP contribution in [-0.2, 0) is 0 Å². The second-order valence-corrected chi connectivity index (χ2v) is 3.30. The van der Waals surface area contributed by atoms with E-state index in [1.807, 2.05) is 24.3 Å². The Bertz CT molecular complexity index is 500. The van der Waals surface area contributed by atoms with Crippen molar-refractivity contribution in [2.75, 3.05) is 0 Å². The summed E-state index contributed by atoms with van der Waals surface area (Å²) >= 11 is 0. The Balaban J connectivity index is 0.000000853.